The van der Waals surface area contributed by atoms with Crippen molar-refractivity contribution in [2.75, 3.05) is 51.0 Å². The van der Waals surface area contributed by atoms with Gasteiger partial charge in [-0.2, -0.15) is 0 Å². The molecule has 0 bridgehead atoms. The summed E-state index contributed by atoms with van der Waals surface area (Å²) in [4.78, 5) is 6.57. The van der Waals surface area contributed by atoms with E-state index in [4.69, 9.17) is 4.74 Å². The highest BCUT2D eigenvalue weighted by molar-refractivity contribution is 14.0. The second-order valence-electron chi connectivity index (χ2n) is 6.40. The molecule has 8 nitrogen and oxygen atoms in total. The highest BCUT2D eigenvalue weighted by atomic mass is 127. The van der Waals surface area contributed by atoms with E-state index < -0.39 is 10.0 Å². The van der Waals surface area contributed by atoms with Crippen molar-refractivity contribution in [1.82, 2.24) is 15.4 Å². The third-order valence-electron chi connectivity index (χ3n) is 4.53. The first-order chi connectivity index (χ1) is 13.0. The highest BCUT2D eigenvalue weighted by Gasteiger charge is 2.25. The van der Waals surface area contributed by atoms with Gasteiger partial charge in [0.25, 0.3) is 0 Å². The topological polar surface area (TPSA) is 95.1 Å². The molecule has 160 valence electrons. The van der Waals surface area contributed by atoms with E-state index in [0.717, 1.165) is 36.9 Å². The number of nitrogens with zero attached hydrogens (tertiary/aromatic N) is 2. The molecule has 1 heterocycles. The lowest BCUT2D eigenvalue weighted by atomic mass is 10.2. The average molecular weight is 525 g/mol. The summed E-state index contributed by atoms with van der Waals surface area (Å²) in [6, 6.07) is 8.33. The largest absolute Gasteiger partial charge is 0.495 e. The maximum absolute atomic E-state index is 11.4. The molecule has 0 saturated carbocycles. The van der Waals surface area contributed by atoms with Gasteiger partial charge in [-0.05, 0) is 31.9 Å². The van der Waals surface area contributed by atoms with Gasteiger partial charge in [-0.15, -0.1) is 24.0 Å². The van der Waals surface area contributed by atoms with Crippen LogP contribution in [0.5, 0.6) is 5.75 Å². The fraction of sp³-hybridized carbons (Fsp3) is 0.611. The molecule has 0 amide bonds. The number of sulfonamides is 1. The third-order valence-corrected chi connectivity index (χ3v) is 5.93. The zero-order chi connectivity index (χ0) is 19.7. The second kappa shape index (κ2) is 12.3. The fourth-order valence-corrected chi connectivity index (χ4v) is 3.66. The van der Waals surface area contributed by atoms with E-state index in [1.54, 1.807) is 21.1 Å². The van der Waals surface area contributed by atoms with Gasteiger partial charge in [0.05, 0.1) is 18.6 Å². The van der Waals surface area contributed by atoms with E-state index in [0.29, 0.717) is 25.6 Å². The Morgan fingerprint density at radius 1 is 1.32 bits per heavy atom. The summed E-state index contributed by atoms with van der Waals surface area (Å²) in [5.74, 6) is 1.73. The number of methoxy groups -OCH3 is 1. The number of aliphatic imine (C=N–C) groups is 1. The van der Waals surface area contributed by atoms with Gasteiger partial charge in [0.15, 0.2) is 5.96 Å². The molecule has 0 spiro atoms. The van der Waals surface area contributed by atoms with Crippen molar-refractivity contribution in [3.8, 4) is 5.75 Å². The van der Waals surface area contributed by atoms with E-state index in [-0.39, 0.29) is 29.7 Å². The number of guanidine groups is 1. The molecule has 1 aliphatic rings. The molecular weight excluding hydrogens is 493 g/mol. The van der Waals surface area contributed by atoms with Crippen molar-refractivity contribution in [2.24, 2.45) is 4.99 Å². The van der Waals surface area contributed by atoms with Crippen LogP contribution >= 0.6 is 24.0 Å². The molecule has 1 fully saturated rings. The van der Waals surface area contributed by atoms with Crippen LogP contribution in [0.2, 0.25) is 0 Å². The molecule has 28 heavy (non-hydrogen) atoms. The summed E-state index contributed by atoms with van der Waals surface area (Å²) in [5.41, 5.74) is 1.11. The minimum Gasteiger partial charge on any atom is -0.495 e. The molecule has 10 heteroatoms. The number of halogens is 1. The predicted octanol–water partition coefficient (Wildman–Crippen LogP) is 1.39. The van der Waals surface area contributed by atoms with Crippen molar-refractivity contribution in [3.05, 3.63) is 24.3 Å². The van der Waals surface area contributed by atoms with Gasteiger partial charge >= 0.3 is 0 Å². The number of rotatable bonds is 9. The molecule has 0 radical (unpaired) electrons. The third kappa shape index (κ3) is 7.63. The van der Waals surface area contributed by atoms with Crippen LogP contribution < -0.4 is 25.0 Å². The monoisotopic (exact) mass is 525 g/mol. The minimum absolute atomic E-state index is 0. The summed E-state index contributed by atoms with van der Waals surface area (Å²) < 4.78 is 30.8. The van der Waals surface area contributed by atoms with E-state index >= 15 is 0 Å². The van der Waals surface area contributed by atoms with Crippen molar-refractivity contribution in [1.29, 1.82) is 0 Å². The van der Waals surface area contributed by atoms with Crippen molar-refractivity contribution >= 4 is 45.6 Å². The summed E-state index contributed by atoms with van der Waals surface area (Å²) in [6.45, 7) is 4.52. The van der Waals surface area contributed by atoms with Gasteiger partial charge in [-0.1, -0.05) is 12.1 Å². The first kappa shape index (κ1) is 24.8. The maximum Gasteiger partial charge on any atom is 0.211 e. The zero-order valence-electron chi connectivity index (χ0n) is 16.8. The van der Waals surface area contributed by atoms with E-state index in [9.17, 15) is 8.42 Å². The van der Waals surface area contributed by atoms with E-state index in [2.05, 4.69) is 31.3 Å². The minimum atomic E-state index is -3.12. The summed E-state index contributed by atoms with van der Waals surface area (Å²) >= 11 is 0. The summed E-state index contributed by atoms with van der Waals surface area (Å²) in [5, 5.41) is 6.68. The van der Waals surface area contributed by atoms with Crippen LogP contribution in [-0.4, -0.2) is 66.5 Å². The first-order valence-corrected chi connectivity index (χ1v) is 11.0. The van der Waals surface area contributed by atoms with Crippen LogP contribution in [-0.2, 0) is 10.0 Å². The summed E-state index contributed by atoms with van der Waals surface area (Å²) in [7, 11) is 0.308. The molecule has 3 N–H and O–H groups in total. The molecule has 2 rings (SSSR count). The number of hydrogen-bond acceptors (Lipinski definition) is 5. The van der Waals surface area contributed by atoms with Gasteiger partial charge in [-0.3, -0.25) is 4.99 Å². The van der Waals surface area contributed by atoms with Gasteiger partial charge in [-0.25, -0.2) is 13.1 Å². The first-order valence-electron chi connectivity index (χ1n) is 9.31. The Morgan fingerprint density at radius 2 is 2.07 bits per heavy atom. The lowest BCUT2D eigenvalue weighted by Crippen LogP contribution is -2.45. The molecule has 1 unspecified atom stereocenters. The van der Waals surface area contributed by atoms with Crippen molar-refractivity contribution in [2.45, 2.75) is 25.8 Å². The Balaban J connectivity index is 0.00000392. The van der Waals surface area contributed by atoms with E-state index in [1.807, 2.05) is 18.2 Å². The zero-order valence-corrected chi connectivity index (χ0v) is 19.9. The highest BCUT2D eigenvalue weighted by Crippen LogP contribution is 2.30. The lowest BCUT2D eigenvalue weighted by Gasteiger charge is -2.22. The Hall–Kier alpha value is -1.27. The number of anilines is 1. The van der Waals surface area contributed by atoms with Crippen LogP contribution in [0.15, 0.2) is 29.3 Å². The van der Waals surface area contributed by atoms with Gasteiger partial charge in [0.1, 0.15) is 5.75 Å². The number of ether oxygens (including phenoxy) is 1. The van der Waals surface area contributed by atoms with E-state index in [1.165, 1.54) is 0 Å². The standard InChI is InChI=1S/C18H31N5O3S.HI/c1-4-27(24,25)21-12-7-11-20-18(19-2)22-15-10-13-23(14-15)16-8-5-6-9-17(16)26-3;/h5-6,8-9,15,21H,4,7,10-14H2,1-3H3,(H2,19,20,22);1H. The number of nitrogens with one attached hydrogen (secondary N) is 3. The average Bonchev–Trinajstić information content (AvgIpc) is 3.15. The Labute approximate surface area is 185 Å². The maximum atomic E-state index is 11.4. The number of benzene rings is 1. The van der Waals surface area contributed by atoms with Crippen LogP contribution in [0.4, 0.5) is 5.69 Å². The molecule has 1 saturated heterocycles. The number of hydrogen-bond donors (Lipinski definition) is 3. The van der Waals surface area contributed by atoms with Crippen molar-refractivity contribution in [3.63, 3.8) is 0 Å². The molecule has 1 aliphatic heterocycles. The number of para-hydroxylation sites is 2. The molecule has 1 atom stereocenters. The van der Waals surface area contributed by atoms with Crippen LogP contribution in [0.25, 0.3) is 0 Å². The van der Waals surface area contributed by atoms with Gasteiger partial charge < -0.3 is 20.3 Å². The summed E-state index contributed by atoms with van der Waals surface area (Å²) in [6.07, 6.45) is 1.70. The van der Waals surface area contributed by atoms with Gasteiger partial charge in [0, 0.05) is 39.3 Å². The quantitative estimate of drug-likeness (QED) is 0.195. The van der Waals surface area contributed by atoms with Crippen LogP contribution in [0.1, 0.15) is 19.8 Å². The Bertz CT molecular complexity index is 730. The van der Waals surface area contributed by atoms with Crippen LogP contribution in [0.3, 0.4) is 0 Å². The Kier molecular flexibility index (Phi) is 10.9. The van der Waals surface area contributed by atoms with Crippen molar-refractivity contribution < 1.29 is 13.2 Å². The molecule has 1 aromatic carbocycles. The molecular formula is C18H32IN5O3S. The normalized spacial score (nSPS) is 17.2. The van der Waals surface area contributed by atoms with Crippen LogP contribution in [0, 0.1) is 0 Å². The lowest BCUT2D eigenvalue weighted by molar-refractivity contribution is 0.415. The van der Waals surface area contributed by atoms with Gasteiger partial charge in [0.2, 0.25) is 10.0 Å². The molecule has 0 aromatic heterocycles. The Morgan fingerprint density at radius 3 is 2.75 bits per heavy atom. The second-order valence-corrected chi connectivity index (χ2v) is 8.49. The molecule has 0 aliphatic carbocycles. The fourth-order valence-electron chi connectivity index (χ4n) is 3.00. The smallest absolute Gasteiger partial charge is 0.211 e. The molecule has 1 aromatic rings. The predicted molar refractivity (Wildman–Crippen MR) is 126 cm³/mol. The SMILES string of the molecule is CCS(=O)(=O)NCCCNC(=NC)NC1CCN(c2ccccc2OC)C1.I.